The van der Waals surface area contributed by atoms with Crippen LogP contribution >= 0.6 is 0 Å². The molecule has 0 bridgehead atoms. The van der Waals surface area contributed by atoms with Crippen LogP contribution in [0.3, 0.4) is 0 Å². The third-order valence-electron chi connectivity index (χ3n) is 4.43. The summed E-state index contributed by atoms with van der Waals surface area (Å²) in [4.78, 5) is 26.6. The van der Waals surface area contributed by atoms with Crippen molar-refractivity contribution in [2.24, 2.45) is 0 Å². The van der Waals surface area contributed by atoms with E-state index in [2.05, 4.69) is 5.32 Å². The highest BCUT2D eigenvalue weighted by Crippen LogP contribution is 2.39. The Bertz CT molecular complexity index is 705. The van der Waals surface area contributed by atoms with E-state index in [1.807, 2.05) is 20.8 Å². The summed E-state index contributed by atoms with van der Waals surface area (Å²) >= 11 is 0. The van der Waals surface area contributed by atoms with E-state index >= 15 is 0 Å². The summed E-state index contributed by atoms with van der Waals surface area (Å²) in [6, 6.07) is 3.27. The van der Waals surface area contributed by atoms with Crippen LogP contribution in [-0.2, 0) is 4.74 Å². The standard InChI is InChI=1S/C20H30N2O6/c1-20(2,3)28-19(24)22-11-9-13(10-12-22)21-18(23)14-7-8-15(25-4)17(27-6)16(14)26-5/h7-8,13H,9-12H2,1-6H3,(H,21,23). The second-order valence-corrected chi connectivity index (χ2v) is 7.60. The van der Waals surface area contributed by atoms with Gasteiger partial charge < -0.3 is 29.2 Å². The lowest BCUT2D eigenvalue weighted by Crippen LogP contribution is -2.47. The van der Waals surface area contributed by atoms with Gasteiger partial charge >= 0.3 is 6.09 Å². The van der Waals surface area contributed by atoms with E-state index in [1.54, 1.807) is 17.0 Å². The van der Waals surface area contributed by atoms with Crippen LogP contribution in [0.25, 0.3) is 0 Å². The fourth-order valence-electron chi connectivity index (χ4n) is 3.08. The highest BCUT2D eigenvalue weighted by Gasteiger charge is 2.28. The summed E-state index contributed by atoms with van der Waals surface area (Å²) in [6.07, 6.45) is 0.986. The maximum Gasteiger partial charge on any atom is 0.410 e. The number of methoxy groups -OCH3 is 3. The van der Waals surface area contributed by atoms with Gasteiger partial charge in [0, 0.05) is 19.1 Å². The smallest absolute Gasteiger partial charge is 0.410 e. The Balaban J connectivity index is 2.01. The van der Waals surface area contributed by atoms with Gasteiger partial charge in [-0.05, 0) is 45.7 Å². The maximum absolute atomic E-state index is 12.8. The Kier molecular flexibility index (Phi) is 6.99. The summed E-state index contributed by atoms with van der Waals surface area (Å²) in [5, 5.41) is 3.01. The molecule has 0 radical (unpaired) electrons. The number of piperidine rings is 1. The molecule has 1 aliphatic heterocycles. The first kappa shape index (κ1) is 21.7. The number of hydrogen-bond donors (Lipinski definition) is 1. The van der Waals surface area contributed by atoms with Gasteiger partial charge in [-0.3, -0.25) is 4.79 Å². The lowest BCUT2D eigenvalue weighted by atomic mass is 10.0. The van der Waals surface area contributed by atoms with Gasteiger partial charge in [0.15, 0.2) is 11.5 Å². The molecule has 1 saturated heterocycles. The van der Waals surface area contributed by atoms with Crippen LogP contribution < -0.4 is 19.5 Å². The van der Waals surface area contributed by atoms with Gasteiger partial charge in [0.25, 0.3) is 5.91 Å². The fourth-order valence-corrected chi connectivity index (χ4v) is 3.08. The molecule has 0 unspecified atom stereocenters. The van der Waals surface area contributed by atoms with Crippen LogP contribution in [0.1, 0.15) is 44.0 Å². The largest absolute Gasteiger partial charge is 0.493 e. The fraction of sp³-hybridized carbons (Fsp3) is 0.600. The molecular weight excluding hydrogens is 364 g/mol. The third-order valence-corrected chi connectivity index (χ3v) is 4.43. The summed E-state index contributed by atoms with van der Waals surface area (Å²) in [5.41, 5.74) is -0.152. The van der Waals surface area contributed by atoms with Crippen molar-refractivity contribution in [3.05, 3.63) is 17.7 Å². The first-order valence-corrected chi connectivity index (χ1v) is 9.28. The number of nitrogens with zero attached hydrogens (tertiary/aromatic N) is 1. The number of likely N-dealkylation sites (tertiary alicyclic amines) is 1. The Morgan fingerprint density at radius 2 is 1.61 bits per heavy atom. The zero-order chi connectivity index (χ0) is 20.9. The minimum Gasteiger partial charge on any atom is -0.493 e. The van der Waals surface area contributed by atoms with Gasteiger partial charge in [0.1, 0.15) is 5.60 Å². The van der Waals surface area contributed by atoms with E-state index < -0.39 is 5.60 Å². The first-order valence-electron chi connectivity index (χ1n) is 9.28. The molecule has 2 amide bonds. The molecule has 0 saturated carbocycles. The van der Waals surface area contributed by atoms with Crippen molar-refractivity contribution in [3.8, 4) is 17.2 Å². The molecule has 28 heavy (non-hydrogen) atoms. The van der Waals surface area contributed by atoms with E-state index in [0.717, 1.165) is 0 Å². The molecule has 1 fully saturated rings. The molecule has 156 valence electrons. The molecule has 8 heteroatoms. The molecule has 1 N–H and O–H groups in total. The zero-order valence-electron chi connectivity index (χ0n) is 17.5. The third kappa shape index (κ3) is 5.21. The van der Waals surface area contributed by atoms with E-state index in [4.69, 9.17) is 18.9 Å². The molecule has 0 aliphatic carbocycles. The zero-order valence-corrected chi connectivity index (χ0v) is 17.5. The molecule has 0 aromatic heterocycles. The van der Waals surface area contributed by atoms with Crippen LogP contribution in [0.4, 0.5) is 4.79 Å². The average Bonchev–Trinajstić information content (AvgIpc) is 2.65. The van der Waals surface area contributed by atoms with Crippen molar-refractivity contribution in [3.63, 3.8) is 0 Å². The number of amides is 2. The molecule has 0 spiro atoms. The Hall–Kier alpha value is -2.64. The number of carbonyl (C=O) groups excluding carboxylic acids is 2. The van der Waals surface area contributed by atoms with Gasteiger partial charge in [-0.25, -0.2) is 4.79 Å². The predicted molar refractivity (Wildman–Crippen MR) is 104 cm³/mol. The van der Waals surface area contributed by atoms with E-state index in [0.29, 0.717) is 48.7 Å². The quantitative estimate of drug-likeness (QED) is 0.826. The SMILES string of the molecule is COc1ccc(C(=O)NC2CCN(C(=O)OC(C)(C)C)CC2)c(OC)c1OC. The number of hydrogen-bond acceptors (Lipinski definition) is 6. The average molecular weight is 394 g/mol. The number of rotatable bonds is 5. The summed E-state index contributed by atoms with van der Waals surface area (Å²) in [7, 11) is 4.50. The van der Waals surface area contributed by atoms with Crippen molar-refractivity contribution in [1.29, 1.82) is 0 Å². The van der Waals surface area contributed by atoms with Crippen molar-refractivity contribution in [1.82, 2.24) is 10.2 Å². The summed E-state index contributed by atoms with van der Waals surface area (Å²) < 4.78 is 21.4. The Labute approximate surface area is 166 Å². The number of ether oxygens (including phenoxy) is 4. The van der Waals surface area contributed by atoms with Gasteiger partial charge in [-0.15, -0.1) is 0 Å². The van der Waals surface area contributed by atoms with Crippen molar-refractivity contribution >= 4 is 12.0 Å². The van der Waals surface area contributed by atoms with Gasteiger partial charge in [0.2, 0.25) is 5.75 Å². The van der Waals surface area contributed by atoms with Crippen molar-refractivity contribution < 1.29 is 28.5 Å². The van der Waals surface area contributed by atoms with Crippen LogP contribution in [0.5, 0.6) is 17.2 Å². The molecular formula is C20H30N2O6. The van der Waals surface area contributed by atoms with Crippen molar-refractivity contribution in [2.75, 3.05) is 34.4 Å². The van der Waals surface area contributed by atoms with E-state index in [-0.39, 0.29) is 18.0 Å². The Morgan fingerprint density at radius 1 is 1.00 bits per heavy atom. The molecule has 1 heterocycles. The maximum atomic E-state index is 12.8. The van der Waals surface area contributed by atoms with Crippen LogP contribution in [0.2, 0.25) is 0 Å². The number of nitrogens with one attached hydrogen (secondary N) is 1. The molecule has 2 rings (SSSR count). The Morgan fingerprint density at radius 3 is 2.11 bits per heavy atom. The van der Waals surface area contributed by atoms with E-state index in [1.165, 1.54) is 21.3 Å². The summed E-state index contributed by atoms with van der Waals surface area (Å²) in [5.74, 6) is 0.929. The molecule has 8 nitrogen and oxygen atoms in total. The molecule has 0 atom stereocenters. The second kappa shape index (κ2) is 9.03. The van der Waals surface area contributed by atoms with Crippen LogP contribution in [0, 0.1) is 0 Å². The summed E-state index contributed by atoms with van der Waals surface area (Å²) in [6.45, 7) is 6.59. The van der Waals surface area contributed by atoms with Gasteiger partial charge in [-0.2, -0.15) is 0 Å². The topological polar surface area (TPSA) is 86.3 Å². The lowest BCUT2D eigenvalue weighted by Gasteiger charge is -2.33. The molecule has 1 aromatic rings. The minimum atomic E-state index is -0.522. The minimum absolute atomic E-state index is 0.0380. The monoisotopic (exact) mass is 394 g/mol. The lowest BCUT2D eigenvalue weighted by molar-refractivity contribution is 0.0199. The number of carbonyl (C=O) groups is 2. The second-order valence-electron chi connectivity index (χ2n) is 7.60. The first-order chi connectivity index (χ1) is 13.2. The van der Waals surface area contributed by atoms with Crippen molar-refractivity contribution in [2.45, 2.75) is 45.3 Å². The highest BCUT2D eigenvalue weighted by atomic mass is 16.6. The molecule has 1 aliphatic rings. The van der Waals surface area contributed by atoms with Crippen LogP contribution in [-0.4, -0.2) is 63.0 Å². The van der Waals surface area contributed by atoms with Crippen LogP contribution in [0.15, 0.2) is 12.1 Å². The predicted octanol–water partition coefficient (Wildman–Crippen LogP) is 2.84. The van der Waals surface area contributed by atoms with Gasteiger partial charge in [-0.1, -0.05) is 0 Å². The molecule has 1 aromatic carbocycles. The highest BCUT2D eigenvalue weighted by molar-refractivity contribution is 5.98. The normalized spacial score (nSPS) is 15.0. The van der Waals surface area contributed by atoms with Gasteiger partial charge in [0.05, 0.1) is 26.9 Å². The number of benzene rings is 1. The van der Waals surface area contributed by atoms with E-state index in [9.17, 15) is 9.59 Å².